The summed E-state index contributed by atoms with van der Waals surface area (Å²) in [6, 6.07) is 9.02. The van der Waals surface area contributed by atoms with Crippen LogP contribution in [0.4, 0.5) is 5.95 Å². The Hall–Kier alpha value is -2.81. The summed E-state index contributed by atoms with van der Waals surface area (Å²) >= 11 is 5.07. The largest absolute Gasteiger partial charge is 0.451 e. The molecule has 2 N–H and O–H groups in total. The number of nitrogens with one attached hydrogen (secondary N) is 2. The van der Waals surface area contributed by atoms with Crippen LogP contribution in [0, 0.1) is 0 Å². The van der Waals surface area contributed by atoms with Crippen LogP contribution in [-0.2, 0) is 6.54 Å². The Kier molecular flexibility index (Phi) is 4.29. The van der Waals surface area contributed by atoms with E-state index < -0.39 is 5.91 Å². The molecule has 118 valence electrons. The summed E-state index contributed by atoms with van der Waals surface area (Å²) in [5, 5.41) is 17.9. The van der Waals surface area contributed by atoms with Gasteiger partial charge in [0, 0.05) is 5.39 Å². The number of para-hydroxylation sites is 1. The van der Waals surface area contributed by atoms with E-state index in [0.717, 1.165) is 11.8 Å². The van der Waals surface area contributed by atoms with Crippen LogP contribution in [-0.4, -0.2) is 31.2 Å². The zero-order chi connectivity index (χ0) is 16.2. The fourth-order valence-corrected chi connectivity index (χ4v) is 2.16. The van der Waals surface area contributed by atoms with Crippen molar-refractivity contribution in [2.75, 3.05) is 5.32 Å². The van der Waals surface area contributed by atoms with Crippen molar-refractivity contribution in [1.82, 2.24) is 25.5 Å². The average molecular weight is 330 g/mol. The van der Waals surface area contributed by atoms with Crippen LogP contribution in [0.2, 0.25) is 0 Å². The number of anilines is 1. The normalized spacial score (nSPS) is 10.7. The third-order valence-corrected chi connectivity index (χ3v) is 3.18. The van der Waals surface area contributed by atoms with Gasteiger partial charge in [0.05, 0.1) is 6.54 Å². The van der Waals surface area contributed by atoms with Gasteiger partial charge in [-0.05, 0) is 36.0 Å². The number of amides is 1. The molecule has 1 aromatic carbocycles. The second kappa shape index (κ2) is 6.53. The van der Waals surface area contributed by atoms with E-state index >= 15 is 0 Å². The first-order valence-electron chi connectivity index (χ1n) is 7.04. The number of tetrazole rings is 1. The highest BCUT2D eigenvalue weighted by molar-refractivity contribution is 7.80. The first-order chi connectivity index (χ1) is 11.2. The molecule has 0 unspecified atom stereocenters. The molecule has 0 atom stereocenters. The molecule has 23 heavy (non-hydrogen) atoms. The molecule has 3 rings (SSSR count). The first kappa shape index (κ1) is 15.1. The number of carbonyl (C=O) groups excluding carboxylic acids is 1. The Labute approximate surface area is 136 Å². The van der Waals surface area contributed by atoms with Gasteiger partial charge in [0.2, 0.25) is 0 Å². The highest BCUT2D eigenvalue weighted by atomic mass is 32.1. The molecule has 0 spiro atoms. The molecule has 2 heterocycles. The van der Waals surface area contributed by atoms with Crippen LogP contribution in [0.5, 0.6) is 0 Å². The van der Waals surface area contributed by atoms with E-state index in [0.29, 0.717) is 12.1 Å². The van der Waals surface area contributed by atoms with E-state index in [-0.39, 0.29) is 16.8 Å². The first-order valence-corrected chi connectivity index (χ1v) is 7.45. The van der Waals surface area contributed by atoms with Gasteiger partial charge in [0.15, 0.2) is 10.9 Å². The maximum atomic E-state index is 12.1. The maximum absolute atomic E-state index is 12.1. The van der Waals surface area contributed by atoms with Gasteiger partial charge in [-0.1, -0.05) is 30.2 Å². The Morgan fingerprint density at radius 3 is 3.00 bits per heavy atom. The quantitative estimate of drug-likeness (QED) is 0.706. The zero-order valence-corrected chi connectivity index (χ0v) is 13.1. The lowest BCUT2D eigenvalue weighted by Gasteiger charge is -2.04. The molecule has 0 aliphatic rings. The molecular formula is C14H14N6O2S. The van der Waals surface area contributed by atoms with Crippen LogP contribution in [0.25, 0.3) is 11.0 Å². The van der Waals surface area contributed by atoms with E-state index in [4.69, 9.17) is 16.6 Å². The van der Waals surface area contributed by atoms with Crippen molar-refractivity contribution >= 4 is 40.2 Å². The molecule has 0 fully saturated rings. The van der Waals surface area contributed by atoms with E-state index in [1.807, 2.05) is 25.1 Å². The molecular weight excluding hydrogens is 316 g/mol. The molecule has 2 aromatic heterocycles. The minimum Gasteiger partial charge on any atom is -0.451 e. The van der Waals surface area contributed by atoms with E-state index in [2.05, 4.69) is 26.0 Å². The number of fused-ring (bicyclic) bond motifs is 1. The summed E-state index contributed by atoms with van der Waals surface area (Å²) in [5.74, 6) is -0.0362. The third kappa shape index (κ3) is 3.51. The van der Waals surface area contributed by atoms with Crippen LogP contribution in [0.3, 0.4) is 0 Å². The van der Waals surface area contributed by atoms with Crippen molar-refractivity contribution in [3.8, 4) is 0 Å². The SMILES string of the molecule is CCCn1nnc(NC(=S)NC(=O)c2cc3ccccc3o2)n1. The van der Waals surface area contributed by atoms with Crippen LogP contribution in [0.1, 0.15) is 23.9 Å². The van der Waals surface area contributed by atoms with Gasteiger partial charge in [-0.25, -0.2) is 0 Å². The summed E-state index contributed by atoms with van der Waals surface area (Å²) in [5.41, 5.74) is 0.640. The average Bonchev–Trinajstić information content (AvgIpc) is 3.14. The van der Waals surface area contributed by atoms with E-state index in [1.54, 1.807) is 12.1 Å². The number of thiocarbonyl (C=S) groups is 1. The van der Waals surface area contributed by atoms with E-state index in [9.17, 15) is 4.79 Å². The van der Waals surface area contributed by atoms with Gasteiger partial charge in [-0.3, -0.25) is 15.4 Å². The molecule has 3 aromatic rings. The minimum atomic E-state index is -0.445. The fraction of sp³-hybridized carbons (Fsp3) is 0.214. The summed E-state index contributed by atoms with van der Waals surface area (Å²) in [6.45, 7) is 2.67. The predicted octanol–water partition coefficient (Wildman–Crippen LogP) is 1.96. The molecule has 0 bridgehead atoms. The Balaban J connectivity index is 1.63. The number of aromatic nitrogens is 4. The van der Waals surface area contributed by atoms with Gasteiger partial charge < -0.3 is 4.42 Å². The lowest BCUT2D eigenvalue weighted by molar-refractivity contribution is 0.0953. The highest BCUT2D eigenvalue weighted by Crippen LogP contribution is 2.18. The Morgan fingerprint density at radius 1 is 1.39 bits per heavy atom. The number of hydrogen-bond donors (Lipinski definition) is 2. The molecule has 9 heteroatoms. The summed E-state index contributed by atoms with van der Waals surface area (Å²) in [4.78, 5) is 13.6. The van der Waals surface area contributed by atoms with Gasteiger partial charge in [0.25, 0.3) is 11.9 Å². The Bertz CT molecular complexity index is 823. The topological polar surface area (TPSA) is 97.9 Å². The zero-order valence-electron chi connectivity index (χ0n) is 12.3. The van der Waals surface area contributed by atoms with Crippen LogP contribution >= 0.6 is 12.2 Å². The number of hydrogen-bond acceptors (Lipinski definition) is 6. The third-order valence-electron chi connectivity index (χ3n) is 2.98. The lowest BCUT2D eigenvalue weighted by Crippen LogP contribution is -2.34. The van der Waals surface area contributed by atoms with Crippen molar-refractivity contribution in [3.05, 3.63) is 36.1 Å². The van der Waals surface area contributed by atoms with Crippen molar-refractivity contribution in [1.29, 1.82) is 0 Å². The number of carbonyl (C=O) groups is 1. The fourth-order valence-electron chi connectivity index (χ4n) is 1.98. The van der Waals surface area contributed by atoms with Crippen LogP contribution in [0.15, 0.2) is 34.7 Å². The summed E-state index contributed by atoms with van der Waals surface area (Å²) in [6.07, 6.45) is 0.892. The Morgan fingerprint density at radius 2 is 2.22 bits per heavy atom. The van der Waals surface area contributed by atoms with Crippen molar-refractivity contribution in [2.24, 2.45) is 0 Å². The summed E-state index contributed by atoms with van der Waals surface area (Å²) < 4.78 is 5.47. The molecule has 0 radical (unpaired) electrons. The van der Waals surface area contributed by atoms with E-state index in [1.165, 1.54) is 4.80 Å². The molecule has 8 nitrogen and oxygen atoms in total. The second-order valence-corrected chi connectivity index (χ2v) is 5.17. The van der Waals surface area contributed by atoms with Gasteiger partial charge in [-0.2, -0.15) is 4.80 Å². The van der Waals surface area contributed by atoms with Gasteiger partial charge >= 0.3 is 0 Å². The molecule has 0 aliphatic heterocycles. The standard InChI is InChI=1S/C14H14N6O2S/c1-2-7-20-18-13(17-19-20)16-14(23)15-12(21)11-8-9-5-3-4-6-10(9)22-11/h3-6,8H,2,7H2,1H3,(H2,15,16,18,21,23). The number of furan rings is 1. The molecule has 1 amide bonds. The highest BCUT2D eigenvalue weighted by Gasteiger charge is 2.14. The predicted molar refractivity (Wildman–Crippen MR) is 88.0 cm³/mol. The monoisotopic (exact) mass is 330 g/mol. The molecule has 0 saturated heterocycles. The number of rotatable bonds is 4. The van der Waals surface area contributed by atoms with Crippen molar-refractivity contribution in [3.63, 3.8) is 0 Å². The number of nitrogens with zero attached hydrogens (tertiary/aromatic N) is 4. The van der Waals surface area contributed by atoms with Crippen LogP contribution < -0.4 is 10.6 Å². The maximum Gasteiger partial charge on any atom is 0.293 e. The smallest absolute Gasteiger partial charge is 0.293 e. The van der Waals surface area contributed by atoms with Crippen molar-refractivity contribution in [2.45, 2.75) is 19.9 Å². The molecule has 0 saturated carbocycles. The molecule has 0 aliphatic carbocycles. The lowest BCUT2D eigenvalue weighted by atomic mass is 10.2. The number of benzene rings is 1. The number of aryl methyl sites for hydroxylation is 1. The summed E-state index contributed by atoms with van der Waals surface area (Å²) in [7, 11) is 0. The van der Waals surface area contributed by atoms with Crippen molar-refractivity contribution < 1.29 is 9.21 Å². The second-order valence-electron chi connectivity index (χ2n) is 4.77. The van der Waals surface area contributed by atoms with Gasteiger partial charge in [-0.15, -0.1) is 5.10 Å². The minimum absolute atomic E-state index is 0.0755. The van der Waals surface area contributed by atoms with Gasteiger partial charge in [0.1, 0.15) is 5.58 Å².